The molecule has 0 fully saturated rings. The molecule has 1 unspecified atom stereocenters. The van der Waals surface area contributed by atoms with Gasteiger partial charge in [0.15, 0.2) is 0 Å². The lowest BCUT2D eigenvalue weighted by molar-refractivity contribution is 0.0925. The zero-order chi connectivity index (χ0) is 16.1. The highest BCUT2D eigenvalue weighted by atomic mass is 35.5. The topological polar surface area (TPSA) is 56.2 Å². The Kier molecular flexibility index (Phi) is 5.44. The van der Waals surface area contributed by atoms with Crippen molar-refractivity contribution in [3.63, 3.8) is 0 Å². The van der Waals surface area contributed by atoms with E-state index >= 15 is 0 Å². The number of benzene rings is 1. The van der Waals surface area contributed by atoms with Gasteiger partial charge in [-0.25, -0.2) is 0 Å². The molecule has 1 heterocycles. The van der Waals surface area contributed by atoms with E-state index in [4.69, 9.17) is 16.3 Å². The molecule has 1 amide bonds. The van der Waals surface area contributed by atoms with Crippen molar-refractivity contribution in [1.29, 1.82) is 0 Å². The number of para-hydroxylation sites is 1. The highest BCUT2D eigenvalue weighted by Crippen LogP contribution is 2.24. The first-order chi connectivity index (χ1) is 10.5. The molecule has 2 aromatic rings. The highest BCUT2D eigenvalue weighted by molar-refractivity contribution is 6.32. The summed E-state index contributed by atoms with van der Waals surface area (Å²) in [5.74, 6) is 0.481. The predicted molar refractivity (Wildman–Crippen MR) is 86.4 cm³/mol. The third-order valence-electron chi connectivity index (χ3n) is 3.33. The molecule has 0 spiro atoms. The standard InChI is InChI=1S/C16H20ClN3O2/c1-4-12(22-15-8-6-5-7-14(15)17)9-18-16(21)13-10-20(3)19-11(13)2/h5-8,10,12H,4,9H2,1-3H3,(H,18,21). The van der Waals surface area contributed by atoms with Crippen LogP contribution in [0.4, 0.5) is 0 Å². The summed E-state index contributed by atoms with van der Waals surface area (Å²) >= 11 is 6.08. The average molecular weight is 322 g/mol. The molecule has 5 nitrogen and oxygen atoms in total. The van der Waals surface area contributed by atoms with Gasteiger partial charge in [0.05, 0.1) is 22.8 Å². The summed E-state index contributed by atoms with van der Waals surface area (Å²) in [6, 6.07) is 7.31. The van der Waals surface area contributed by atoms with E-state index in [-0.39, 0.29) is 12.0 Å². The number of aromatic nitrogens is 2. The molecule has 6 heteroatoms. The van der Waals surface area contributed by atoms with Crippen molar-refractivity contribution in [1.82, 2.24) is 15.1 Å². The Morgan fingerprint density at radius 2 is 2.18 bits per heavy atom. The molecule has 0 aliphatic carbocycles. The van der Waals surface area contributed by atoms with Crippen molar-refractivity contribution in [3.8, 4) is 5.75 Å². The van der Waals surface area contributed by atoms with E-state index in [1.807, 2.05) is 32.0 Å². The molecule has 2 rings (SSSR count). The van der Waals surface area contributed by atoms with Crippen LogP contribution in [0, 0.1) is 6.92 Å². The van der Waals surface area contributed by atoms with Gasteiger partial charge in [-0.3, -0.25) is 9.48 Å². The Morgan fingerprint density at radius 3 is 2.77 bits per heavy atom. The molecule has 0 aliphatic rings. The fourth-order valence-electron chi connectivity index (χ4n) is 2.11. The number of ether oxygens (including phenoxy) is 1. The van der Waals surface area contributed by atoms with E-state index in [9.17, 15) is 4.79 Å². The van der Waals surface area contributed by atoms with Crippen molar-refractivity contribution in [3.05, 3.63) is 46.7 Å². The van der Waals surface area contributed by atoms with Gasteiger partial charge in [-0.2, -0.15) is 5.10 Å². The molecule has 1 N–H and O–H groups in total. The lowest BCUT2D eigenvalue weighted by Gasteiger charge is -2.18. The minimum Gasteiger partial charge on any atom is -0.487 e. The molecule has 1 aromatic heterocycles. The lowest BCUT2D eigenvalue weighted by atomic mass is 10.2. The molecule has 22 heavy (non-hydrogen) atoms. The number of nitrogens with one attached hydrogen (secondary N) is 1. The zero-order valence-corrected chi connectivity index (χ0v) is 13.7. The summed E-state index contributed by atoms with van der Waals surface area (Å²) in [7, 11) is 1.79. The number of amides is 1. The molecule has 118 valence electrons. The largest absolute Gasteiger partial charge is 0.487 e. The smallest absolute Gasteiger partial charge is 0.254 e. The van der Waals surface area contributed by atoms with Crippen LogP contribution in [0.25, 0.3) is 0 Å². The van der Waals surface area contributed by atoms with Crippen molar-refractivity contribution in [2.24, 2.45) is 7.05 Å². The normalized spacial score (nSPS) is 12.0. The van der Waals surface area contributed by atoms with Gasteiger partial charge in [0.2, 0.25) is 0 Å². The van der Waals surface area contributed by atoms with Gasteiger partial charge in [-0.1, -0.05) is 30.7 Å². The Morgan fingerprint density at radius 1 is 1.45 bits per heavy atom. The van der Waals surface area contributed by atoms with Crippen molar-refractivity contribution < 1.29 is 9.53 Å². The van der Waals surface area contributed by atoms with E-state index in [0.29, 0.717) is 28.6 Å². The maximum absolute atomic E-state index is 12.2. The van der Waals surface area contributed by atoms with Crippen LogP contribution in [0.3, 0.4) is 0 Å². The Bertz CT molecular complexity index is 655. The minimum atomic E-state index is -0.146. The second-order valence-electron chi connectivity index (χ2n) is 5.09. The van der Waals surface area contributed by atoms with Crippen LogP contribution in [-0.4, -0.2) is 28.3 Å². The number of halogens is 1. The minimum absolute atomic E-state index is 0.138. The maximum Gasteiger partial charge on any atom is 0.254 e. The average Bonchev–Trinajstić information content (AvgIpc) is 2.83. The first-order valence-electron chi connectivity index (χ1n) is 7.21. The van der Waals surface area contributed by atoms with E-state index < -0.39 is 0 Å². The van der Waals surface area contributed by atoms with Crippen molar-refractivity contribution in [2.45, 2.75) is 26.4 Å². The Balaban J connectivity index is 1.95. The summed E-state index contributed by atoms with van der Waals surface area (Å²) in [5, 5.41) is 7.61. The van der Waals surface area contributed by atoms with Crippen LogP contribution in [0.15, 0.2) is 30.5 Å². The summed E-state index contributed by atoms with van der Waals surface area (Å²) in [6.45, 7) is 4.23. The van der Waals surface area contributed by atoms with Crippen LogP contribution >= 0.6 is 11.6 Å². The van der Waals surface area contributed by atoms with Gasteiger partial charge in [-0.15, -0.1) is 0 Å². The van der Waals surface area contributed by atoms with Gasteiger partial charge in [0.25, 0.3) is 5.91 Å². The summed E-state index contributed by atoms with van der Waals surface area (Å²) in [4.78, 5) is 12.2. The number of nitrogens with zero attached hydrogens (tertiary/aromatic N) is 2. The fourth-order valence-corrected chi connectivity index (χ4v) is 2.29. The lowest BCUT2D eigenvalue weighted by Crippen LogP contribution is -2.35. The van der Waals surface area contributed by atoms with E-state index in [0.717, 1.165) is 6.42 Å². The summed E-state index contributed by atoms with van der Waals surface area (Å²) in [6.07, 6.45) is 2.33. The number of carbonyl (C=O) groups excluding carboxylic acids is 1. The summed E-state index contributed by atoms with van der Waals surface area (Å²) < 4.78 is 7.48. The molecule has 1 atom stereocenters. The molecule has 0 saturated carbocycles. The monoisotopic (exact) mass is 321 g/mol. The third kappa shape index (κ3) is 4.01. The number of rotatable bonds is 6. The fraction of sp³-hybridized carbons (Fsp3) is 0.375. The molecule has 0 aliphatic heterocycles. The van der Waals surface area contributed by atoms with Crippen LogP contribution in [-0.2, 0) is 7.05 Å². The second kappa shape index (κ2) is 7.31. The number of hydrogen-bond donors (Lipinski definition) is 1. The van der Waals surface area contributed by atoms with Crippen LogP contribution in [0.2, 0.25) is 5.02 Å². The van der Waals surface area contributed by atoms with Crippen LogP contribution in [0.1, 0.15) is 29.4 Å². The van der Waals surface area contributed by atoms with Gasteiger partial charge in [0, 0.05) is 13.2 Å². The molecule has 0 saturated heterocycles. The predicted octanol–water partition coefficient (Wildman–Crippen LogP) is 2.97. The Labute approximate surface area is 135 Å². The summed E-state index contributed by atoms with van der Waals surface area (Å²) in [5.41, 5.74) is 1.29. The Hall–Kier alpha value is -2.01. The van der Waals surface area contributed by atoms with Gasteiger partial charge < -0.3 is 10.1 Å². The SMILES string of the molecule is CCC(CNC(=O)c1cn(C)nc1C)Oc1ccccc1Cl. The third-order valence-corrected chi connectivity index (χ3v) is 3.65. The zero-order valence-electron chi connectivity index (χ0n) is 13.0. The molecule has 0 radical (unpaired) electrons. The van der Waals surface area contributed by atoms with Crippen LogP contribution in [0.5, 0.6) is 5.75 Å². The van der Waals surface area contributed by atoms with Crippen molar-refractivity contribution in [2.75, 3.05) is 6.54 Å². The highest BCUT2D eigenvalue weighted by Gasteiger charge is 2.15. The molecule has 1 aromatic carbocycles. The van der Waals surface area contributed by atoms with Gasteiger partial charge >= 0.3 is 0 Å². The van der Waals surface area contributed by atoms with Crippen molar-refractivity contribution >= 4 is 17.5 Å². The van der Waals surface area contributed by atoms with E-state index in [1.54, 1.807) is 24.0 Å². The first-order valence-corrected chi connectivity index (χ1v) is 7.58. The van der Waals surface area contributed by atoms with E-state index in [1.165, 1.54) is 0 Å². The van der Waals surface area contributed by atoms with Gasteiger partial charge in [-0.05, 0) is 25.5 Å². The molecular weight excluding hydrogens is 302 g/mol. The van der Waals surface area contributed by atoms with E-state index in [2.05, 4.69) is 10.4 Å². The van der Waals surface area contributed by atoms with Gasteiger partial charge in [0.1, 0.15) is 11.9 Å². The first kappa shape index (κ1) is 16.4. The molecule has 0 bridgehead atoms. The number of hydrogen-bond acceptors (Lipinski definition) is 3. The molecular formula is C16H20ClN3O2. The quantitative estimate of drug-likeness (QED) is 0.890. The number of aryl methyl sites for hydroxylation is 2. The number of carbonyl (C=O) groups is 1. The van der Waals surface area contributed by atoms with Crippen LogP contribution < -0.4 is 10.1 Å². The maximum atomic E-state index is 12.2. The second-order valence-corrected chi connectivity index (χ2v) is 5.50.